The Morgan fingerprint density at radius 3 is 0.952 bits per heavy atom. The lowest BCUT2D eigenvalue weighted by Crippen LogP contribution is -2.30. The molecule has 1 unspecified atom stereocenters. The molecule has 1 atom stereocenters. The second-order valence-corrected chi connectivity index (χ2v) is 17.8. The van der Waals surface area contributed by atoms with Gasteiger partial charge in [-0.2, -0.15) is 0 Å². The first-order chi connectivity index (χ1) is 30.5. The molecule has 0 radical (unpaired) electrons. The van der Waals surface area contributed by atoms with Crippen LogP contribution in [-0.2, 0) is 28.6 Å². The summed E-state index contributed by atoms with van der Waals surface area (Å²) < 4.78 is 16.8. The number of esters is 3. The molecule has 0 aliphatic heterocycles. The van der Waals surface area contributed by atoms with Crippen molar-refractivity contribution in [3.63, 3.8) is 0 Å². The normalized spacial score (nSPS) is 12.4. The van der Waals surface area contributed by atoms with Gasteiger partial charge in [-0.05, 0) is 103 Å². The van der Waals surface area contributed by atoms with Crippen LogP contribution in [0.2, 0.25) is 0 Å². The standard InChI is InChI=1S/C56H100O6/c1-4-7-10-13-16-19-22-25-27-29-31-34-37-40-43-46-49-55(58)61-52-53(51-60-54(57)48-45-42-39-36-33-30-24-21-18-15-12-9-6-3)62-56(59)50-47-44-41-38-35-32-28-26-23-20-17-14-11-8-5-2/h17,20-21,24,26-29,53H,4-16,18-19,22-23,25,30-52H2,1-3H3/b20-17-,24-21-,28-26-,29-27-. The summed E-state index contributed by atoms with van der Waals surface area (Å²) in [6.07, 6.45) is 60.9. The zero-order valence-electron chi connectivity index (χ0n) is 41.1. The maximum absolute atomic E-state index is 12.8. The molecule has 360 valence electrons. The van der Waals surface area contributed by atoms with Crippen LogP contribution in [0.15, 0.2) is 48.6 Å². The van der Waals surface area contributed by atoms with Gasteiger partial charge in [0.15, 0.2) is 6.10 Å². The summed E-state index contributed by atoms with van der Waals surface area (Å²) in [5, 5.41) is 0. The van der Waals surface area contributed by atoms with Crippen molar-refractivity contribution in [1.82, 2.24) is 0 Å². The number of carbonyl (C=O) groups is 3. The summed E-state index contributed by atoms with van der Waals surface area (Å²) in [4.78, 5) is 38.0. The van der Waals surface area contributed by atoms with Crippen LogP contribution in [0.1, 0.15) is 271 Å². The van der Waals surface area contributed by atoms with Gasteiger partial charge < -0.3 is 14.2 Å². The minimum absolute atomic E-state index is 0.0849. The van der Waals surface area contributed by atoms with Gasteiger partial charge in [0.25, 0.3) is 0 Å². The smallest absolute Gasteiger partial charge is 0.306 e. The van der Waals surface area contributed by atoms with Crippen LogP contribution in [0.3, 0.4) is 0 Å². The molecule has 62 heavy (non-hydrogen) atoms. The van der Waals surface area contributed by atoms with Gasteiger partial charge in [-0.25, -0.2) is 0 Å². The van der Waals surface area contributed by atoms with Crippen molar-refractivity contribution < 1.29 is 28.6 Å². The lowest BCUT2D eigenvalue weighted by molar-refractivity contribution is -0.167. The van der Waals surface area contributed by atoms with E-state index >= 15 is 0 Å². The number of rotatable bonds is 48. The fourth-order valence-corrected chi connectivity index (χ4v) is 7.46. The van der Waals surface area contributed by atoms with E-state index < -0.39 is 6.10 Å². The van der Waals surface area contributed by atoms with Crippen molar-refractivity contribution in [2.75, 3.05) is 13.2 Å². The number of allylic oxidation sites excluding steroid dienone is 8. The average molecular weight is 869 g/mol. The predicted octanol–water partition coefficient (Wildman–Crippen LogP) is 17.5. The molecule has 0 fully saturated rings. The first kappa shape index (κ1) is 59.4. The minimum atomic E-state index is -0.785. The predicted molar refractivity (Wildman–Crippen MR) is 265 cm³/mol. The molecule has 0 aromatic rings. The molecule has 0 aromatic heterocycles. The van der Waals surface area contributed by atoms with Crippen LogP contribution >= 0.6 is 0 Å². The molecular weight excluding hydrogens is 769 g/mol. The highest BCUT2D eigenvalue weighted by molar-refractivity contribution is 5.71. The van der Waals surface area contributed by atoms with Gasteiger partial charge in [-0.3, -0.25) is 14.4 Å². The van der Waals surface area contributed by atoms with E-state index in [1.165, 1.54) is 135 Å². The van der Waals surface area contributed by atoms with Gasteiger partial charge in [-0.15, -0.1) is 0 Å². The van der Waals surface area contributed by atoms with Gasteiger partial charge in [-0.1, -0.05) is 198 Å². The van der Waals surface area contributed by atoms with Crippen LogP contribution in [0.5, 0.6) is 0 Å². The molecule has 0 bridgehead atoms. The highest BCUT2D eigenvalue weighted by atomic mass is 16.6. The first-order valence-electron chi connectivity index (χ1n) is 26.6. The Labute approximate surface area is 384 Å². The van der Waals surface area contributed by atoms with Crippen LogP contribution in [0.4, 0.5) is 0 Å². The van der Waals surface area contributed by atoms with Crippen molar-refractivity contribution in [3.8, 4) is 0 Å². The van der Waals surface area contributed by atoms with Gasteiger partial charge in [0.1, 0.15) is 13.2 Å². The average Bonchev–Trinajstić information content (AvgIpc) is 3.27. The highest BCUT2D eigenvalue weighted by Gasteiger charge is 2.19. The van der Waals surface area contributed by atoms with E-state index in [1.807, 2.05) is 0 Å². The molecule has 0 amide bonds. The van der Waals surface area contributed by atoms with Crippen molar-refractivity contribution in [2.45, 2.75) is 277 Å². The highest BCUT2D eigenvalue weighted by Crippen LogP contribution is 2.14. The Balaban J connectivity index is 4.41. The zero-order chi connectivity index (χ0) is 45.1. The zero-order valence-corrected chi connectivity index (χ0v) is 41.1. The molecule has 0 saturated carbocycles. The third-order valence-corrected chi connectivity index (χ3v) is 11.5. The maximum atomic E-state index is 12.8. The van der Waals surface area contributed by atoms with E-state index in [4.69, 9.17) is 14.2 Å². The van der Waals surface area contributed by atoms with Gasteiger partial charge in [0.2, 0.25) is 0 Å². The van der Waals surface area contributed by atoms with Crippen LogP contribution < -0.4 is 0 Å². The number of ether oxygens (including phenoxy) is 3. The van der Waals surface area contributed by atoms with Crippen molar-refractivity contribution >= 4 is 17.9 Å². The Morgan fingerprint density at radius 2 is 0.581 bits per heavy atom. The second kappa shape index (κ2) is 51.0. The van der Waals surface area contributed by atoms with Crippen molar-refractivity contribution in [3.05, 3.63) is 48.6 Å². The molecule has 0 spiro atoms. The van der Waals surface area contributed by atoms with Crippen molar-refractivity contribution in [1.29, 1.82) is 0 Å². The monoisotopic (exact) mass is 869 g/mol. The largest absolute Gasteiger partial charge is 0.462 e. The van der Waals surface area contributed by atoms with E-state index in [2.05, 4.69) is 69.4 Å². The molecule has 0 aromatic carbocycles. The Morgan fingerprint density at radius 1 is 0.323 bits per heavy atom. The number of unbranched alkanes of at least 4 members (excludes halogenated alkanes) is 29. The van der Waals surface area contributed by atoms with E-state index in [0.717, 1.165) is 96.3 Å². The lowest BCUT2D eigenvalue weighted by atomic mass is 10.1. The van der Waals surface area contributed by atoms with Crippen molar-refractivity contribution in [2.24, 2.45) is 0 Å². The quantitative estimate of drug-likeness (QED) is 0.0262. The first-order valence-corrected chi connectivity index (χ1v) is 26.6. The van der Waals surface area contributed by atoms with E-state index in [-0.39, 0.29) is 31.1 Å². The van der Waals surface area contributed by atoms with Gasteiger partial charge >= 0.3 is 17.9 Å². The molecule has 0 aliphatic carbocycles. The van der Waals surface area contributed by atoms with E-state index in [1.54, 1.807) is 0 Å². The summed E-state index contributed by atoms with van der Waals surface area (Å²) in [5.41, 5.74) is 0. The molecule has 0 aliphatic rings. The fourth-order valence-electron chi connectivity index (χ4n) is 7.46. The summed E-state index contributed by atoms with van der Waals surface area (Å²) in [6, 6.07) is 0. The minimum Gasteiger partial charge on any atom is -0.462 e. The number of carbonyl (C=O) groups excluding carboxylic acids is 3. The fraction of sp³-hybridized carbons (Fsp3) is 0.804. The Bertz CT molecular complexity index is 1090. The third kappa shape index (κ3) is 48.4. The topological polar surface area (TPSA) is 78.9 Å². The molecule has 0 rings (SSSR count). The molecule has 0 heterocycles. The van der Waals surface area contributed by atoms with Gasteiger partial charge in [0.05, 0.1) is 0 Å². The molecule has 0 N–H and O–H groups in total. The summed E-state index contributed by atoms with van der Waals surface area (Å²) in [7, 11) is 0. The third-order valence-electron chi connectivity index (χ3n) is 11.5. The van der Waals surface area contributed by atoms with E-state index in [9.17, 15) is 14.4 Å². The Kier molecular flexibility index (Phi) is 48.8. The lowest BCUT2D eigenvalue weighted by Gasteiger charge is -2.18. The summed E-state index contributed by atoms with van der Waals surface area (Å²) in [5.74, 6) is -0.908. The second-order valence-electron chi connectivity index (χ2n) is 17.8. The maximum Gasteiger partial charge on any atom is 0.306 e. The SMILES string of the molecule is CCCCC/C=C\C/C=C\CCCCCCCC(=O)OC(COC(=O)CCCCCCC/C=C\CCCCCC)COC(=O)CCCCCCC/C=C\CCCCCCCCC. The summed E-state index contributed by atoms with van der Waals surface area (Å²) >= 11 is 0. The number of hydrogen-bond donors (Lipinski definition) is 0. The van der Waals surface area contributed by atoms with Crippen LogP contribution in [0, 0.1) is 0 Å². The molecular formula is C56H100O6. The van der Waals surface area contributed by atoms with Crippen LogP contribution in [-0.4, -0.2) is 37.2 Å². The molecule has 6 nitrogen and oxygen atoms in total. The van der Waals surface area contributed by atoms with Gasteiger partial charge in [0, 0.05) is 19.3 Å². The molecule has 6 heteroatoms. The summed E-state index contributed by atoms with van der Waals surface area (Å²) in [6.45, 7) is 6.58. The number of hydrogen-bond acceptors (Lipinski definition) is 6. The van der Waals surface area contributed by atoms with E-state index in [0.29, 0.717) is 19.3 Å². The van der Waals surface area contributed by atoms with Crippen LogP contribution in [0.25, 0.3) is 0 Å². The Hall–Kier alpha value is -2.63. The molecule has 0 saturated heterocycles.